The summed E-state index contributed by atoms with van der Waals surface area (Å²) in [6.45, 7) is 0.433. The molecule has 0 atom stereocenters. The van der Waals surface area contributed by atoms with Gasteiger partial charge in [-0.15, -0.1) is 0 Å². The Hall–Kier alpha value is -2.40. The molecule has 5 heteroatoms. The van der Waals surface area contributed by atoms with Gasteiger partial charge in [-0.2, -0.15) is 0 Å². The second-order valence-corrected chi connectivity index (χ2v) is 4.74. The molecule has 2 rings (SSSR count). The first-order valence-corrected chi connectivity index (χ1v) is 6.95. The van der Waals surface area contributed by atoms with E-state index in [1.807, 2.05) is 42.5 Å². The summed E-state index contributed by atoms with van der Waals surface area (Å²) in [7, 11) is 0. The summed E-state index contributed by atoms with van der Waals surface area (Å²) in [5.74, 6) is -0.402. The van der Waals surface area contributed by atoms with Gasteiger partial charge in [-0.25, -0.2) is 0 Å². The van der Waals surface area contributed by atoms with Gasteiger partial charge >= 0.3 is 0 Å². The Morgan fingerprint density at radius 3 is 2.57 bits per heavy atom. The van der Waals surface area contributed by atoms with Crippen molar-refractivity contribution in [1.82, 2.24) is 5.32 Å². The van der Waals surface area contributed by atoms with E-state index >= 15 is 0 Å². The summed E-state index contributed by atoms with van der Waals surface area (Å²) in [6.07, 6.45) is 0.967. The lowest BCUT2D eigenvalue weighted by Gasteiger charge is -2.09. The highest BCUT2D eigenvalue weighted by atomic mass is 16.2. The molecule has 0 unspecified atom stereocenters. The molecule has 0 aliphatic heterocycles. The minimum absolute atomic E-state index is 0.0351. The number of nitrogens with two attached hydrogens (primary N) is 1. The van der Waals surface area contributed by atoms with Gasteiger partial charge in [0.1, 0.15) is 0 Å². The van der Waals surface area contributed by atoms with Crippen LogP contribution in [0.25, 0.3) is 10.8 Å². The number of hydrogen-bond acceptors (Lipinski definition) is 3. The Labute approximate surface area is 123 Å². The summed E-state index contributed by atoms with van der Waals surface area (Å²) >= 11 is 0. The maximum Gasteiger partial charge on any atom is 0.243 e. The van der Waals surface area contributed by atoms with Gasteiger partial charge in [-0.05, 0) is 24.4 Å². The third-order valence-electron chi connectivity index (χ3n) is 3.12. The van der Waals surface area contributed by atoms with E-state index in [1.165, 1.54) is 0 Å². The van der Waals surface area contributed by atoms with E-state index in [2.05, 4.69) is 10.6 Å². The minimum atomic E-state index is -0.243. The van der Waals surface area contributed by atoms with Crippen LogP contribution in [0, 0.1) is 0 Å². The second-order valence-electron chi connectivity index (χ2n) is 4.74. The van der Waals surface area contributed by atoms with Gasteiger partial charge in [0.15, 0.2) is 0 Å². The number of benzene rings is 2. The van der Waals surface area contributed by atoms with Crippen LogP contribution in [-0.4, -0.2) is 24.9 Å². The van der Waals surface area contributed by atoms with E-state index in [1.54, 1.807) is 0 Å². The molecular weight excluding hydrogens is 266 g/mol. The molecule has 0 aliphatic carbocycles. The highest BCUT2D eigenvalue weighted by Gasteiger charge is 2.07. The van der Waals surface area contributed by atoms with Crippen molar-refractivity contribution in [1.29, 1.82) is 0 Å². The quantitative estimate of drug-likeness (QED) is 0.754. The zero-order valence-corrected chi connectivity index (χ0v) is 11.8. The van der Waals surface area contributed by atoms with Crippen molar-refractivity contribution < 1.29 is 9.59 Å². The van der Waals surface area contributed by atoms with Gasteiger partial charge in [0.25, 0.3) is 0 Å². The Morgan fingerprint density at radius 1 is 1.00 bits per heavy atom. The van der Waals surface area contributed by atoms with Crippen molar-refractivity contribution >= 4 is 28.3 Å². The molecule has 21 heavy (non-hydrogen) atoms. The lowest BCUT2D eigenvalue weighted by Crippen LogP contribution is -2.33. The van der Waals surface area contributed by atoms with E-state index in [9.17, 15) is 9.59 Å². The van der Waals surface area contributed by atoms with E-state index in [0.29, 0.717) is 19.4 Å². The van der Waals surface area contributed by atoms with Crippen LogP contribution in [0.1, 0.15) is 12.8 Å². The molecular formula is C16H19N3O2. The van der Waals surface area contributed by atoms with Crippen molar-refractivity contribution in [2.75, 3.05) is 18.4 Å². The minimum Gasteiger partial charge on any atom is -0.347 e. The predicted molar refractivity (Wildman–Crippen MR) is 83.9 cm³/mol. The third kappa shape index (κ3) is 4.29. The van der Waals surface area contributed by atoms with Crippen molar-refractivity contribution in [3.8, 4) is 0 Å². The molecule has 0 saturated carbocycles. The molecule has 4 N–H and O–H groups in total. The van der Waals surface area contributed by atoms with Crippen LogP contribution >= 0.6 is 0 Å². The van der Waals surface area contributed by atoms with Crippen LogP contribution in [0.3, 0.4) is 0 Å². The molecule has 0 aliphatic rings. The van der Waals surface area contributed by atoms with Crippen molar-refractivity contribution in [2.45, 2.75) is 12.8 Å². The topological polar surface area (TPSA) is 84.2 Å². The molecule has 0 radical (unpaired) electrons. The van der Waals surface area contributed by atoms with Gasteiger partial charge in [0, 0.05) is 17.5 Å². The molecule has 0 bridgehead atoms. The summed E-state index contributed by atoms with van der Waals surface area (Å²) in [4.78, 5) is 23.3. The first kappa shape index (κ1) is 15.0. The number of carbonyl (C=O) groups is 2. The first-order chi connectivity index (χ1) is 10.2. The number of fused-ring (bicyclic) bond motifs is 1. The standard InChI is InChI=1S/C16H19N3O2/c17-10-4-9-15(20)18-11-16(21)19-14-8-3-6-12-5-1-2-7-13(12)14/h1-3,5-8H,4,9-11,17H2,(H,18,20)(H,19,21). The molecule has 0 fully saturated rings. The fraction of sp³-hybridized carbons (Fsp3) is 0.250. The Morgan fingerprint density at radius 2 is 1.76 bits per heavy atom. The average molecular weight is 285 g/mol. The van der Waals surface area contributed by atoms with E-state index < -0.39 is 0 Å². The summed E-state index contributed by atoms with van der Waals surface area (Å²) in [5, 5.41) is 7.43. The maximum atomic E-state index is 11.9. The molecule has 110 valence electrons. The van der Waals surface area contributed by atoms with Crippen molar-refractivity contribution in [3.63, 3.8) is 0 Å². The molecule has 5 nitrogen and oxygen atoms in total. The van der Waals surface area contributed by atoms with Crippen LogP contribution < -0.4 is 16.4 Å². The molecule has 2 amide bonds. The van der Waals surface area contributed by atoms with Crippen LogP contribution in [-0.2, 0) is 9.59 Å². The number of hydrogen-bond donors (Lipinski definition) is 3. The highest BCUT2D eigenvalue weighted by molar-refractivity contribution is 6.03. The molecule has 0 saturated heterocycles. The Bertz CT molecular complexity index is 635. The van der Waals surface area contributed by atoms with E-state index in [4.69, 9.17) is 5.73 Å². The van der Waals surface area contributed by atoms with Gasteiger partial charge < -0.3 is 16.4 Å². The third-order valence-corrected chi connectivity index (χ3v) is 3.12. The average Bonchev–Trinajstić information content (AvgIpc) is 2.51. The molecule has 0 aromatic heterocycles. The van der Waals surface area contributed by atoms with Crippen LogP contribution in [0.15, 0.2) is 42.5 Å². The number of anilines is 1. The fourth-order valence-corrected chi connectivity index (χ4v) is 2.06. The predicted octanol–water partition coefficient (Wildman–Crippen LogP) is 1.63. The van der Waals surface area contributed by atoms with Crippen LogP contribution in [0.5, 0.6) is 0 Å². The smallest absolute Gasteiger partial charge is 0.243 e. The van der Waals surface area contributed by atoms with Crippen molar-refractivity contribution in [3.05, 3.63) is 42.5 Å². The maximum absolute atomic E-state index is 11.9. The van der Waals surface area contributed by atoms with Gasteiger partial charge in [0.05, 0.1) is 6.54 Å². The molecule has 2 aromatic rings. The lowest BCUT2D eigenvalue weighted by molar-refractivity contribution is -0.124. The van der Waals surface area contributed by atoms with Gasteiger partial charge in [-0.3, -0.25) is 9.59 Å². The van der Waals surface area contributed by atoms with Crippen LogP contribution in [0.2, 0.25) is 0 Å². The zero-order chi connectivity index (χ0) is 15.1. The number of nitrogens with one attached hydrogen (secondary N) is 2. The normalized spacial score (nSPS) is 10.3. The largest absolute Gasteiger partial charge is 0.347 e. The molecule has 2 aromatic carbocycles. The number of amides is 2. The Kier molecular flexibility index (Phi) is 5.29. The lowest BCUT2D eigenvalue weighted by atomic mass is 10.1. The fourth-order valence-electron chi connectivity index (χ4n) is 2.06. The molecule has 0 spiro atoms. The monoisotopic (exact) mass is 285 g/mol. The summed E-state index contributed by atoms with van der Waals surface area (Å²) in [5.41, 5.74) is 6.07. The second kappa shape index (κ2) is 7.40. The van der Waals surface area contributed by atoms with Crippen molar-refractivity contribution in [2.24, 2.45) is 5.73 Å². The van der Waals surface area contributed by atoms with E-state index in [-0.39, 0.29) is 18.4 Å². The van der Waals surface area contributed by atoms with Gasteiger partial charge in [-0.1, -0.05) is 36.4 Å². The number of carbonyl (C=O) groups excluding carboxylic acids is 2. The Balaban J connectivity index is 1.94. The SMILES string of the molecule is NCCCC(=O)NCC(=O)Nc1cccc2ccccc12. The molecule has 0 heterocycles. The van der Waals surface area contributed by atoms with Gasteiger partial charge in [0.2, 0.25) is 11.8 Å². The highest BCUT2D eigenvalue weighted by Crippen LogP contribution is 2.22. The first-order valence-electron chi connectivity index (χ1n) is 6.95. The number of rotatable bonds is 6. The zero-order valence-electron chi connectivity index (χ0n) is 11.8. The van der Waals surface area contributed by atoms with E-state index in [0.717, 1.165) is 16.5 Å². The van der Waals surface area contributed by atoms with Crippen LogP contribution in [0.4, 0.5) is 5.69 Å². The summed E-state index contributed by atoms with van der Waals surface area (Å²) in [6, 6.07) is 13.5. The summed E-state index contributed by atoms with van der Waals surface area (Å²) < 4.78 is 0.